The summed E-state index contributed by atoms with van der Waals surface area (Å²) in [4.78, 5) is 12.7. The van der Waals surface area contributed by atoms with Crippen LogP contribution in [0, 0.1) is 10.1 Å². The van der Waals surface area contributed by atoms with Crippen LogP contribution in [0.2, 0.25) is 0 Å². The van der Waals surface area contributed by atoms with Gasteiger partial charge in [0.25, 0.3) is 5.69 Å². The van der Waals surface area contributed by atoms with E-state index in [0.29, 0.717) is 0 Å². The first-order valence-corrected chi connectivity index (χ1v) is 3.75. The lowest BCUT2D eigenvalue weighted by molar-refractivity contribution is -0.385. The first kappa shape index (κ1) is 11.4. The standard InChI is InChI=1S/C7H6F3N3O2/c8-7(9,10)6(11)5-2-1-4(3-12-5)13(14)15/h1-3,6H,11H2. The molecule has 5 nitrogen and oxygen atoms in total. The molecule has 0 radical (unpaired) electrons. The zero-order valence-corrected chi connectivity index (χ0v) is 7.23. The van der Waals surface area contributed by atoms with Crippen LogP contribution >= 0.6 is 0 Å². The highest BCUT2D eigenvalue weighted by atomic mass is 19.4. The number of aromatic nitrogens is 1. The van der Waals surface area contributed by atoms with Crippen LogP contribution in [0.15, 0.2) is 18.3 Å². The Labute approximate surface area is 81.9 Å². The molecule has 0 aliphatic heterocycles. The lowest BCUT2D eigenvalue weighted by Gasteiger charge is -2.14. The molecule has 0 aliphatic carbocycles. The molecule has 1 atom stereocenters. The lowest BCUT2D eigenvalue weighted by atomic mass is 10.2. The topological polar surface area (TPSA) is 82.0 Å². The van der Waals surface area contributed by atoms with Crippen molar-refractivity contribution in [1.29, 1.82) is 0 Å². The molecule has 8 heteroatoms. The van der Waals surface area contributed by atoms with E-state index in [1.807, 2.05) is 0 Å². The van der Waals surface area contributed by atoms with Crippen molar-refractivity contribution in [1.82, 2.24) is 4.98 Å². The van der Waals surface area contributed by atoms with Crippen LogP contribution in [0.25, 0.3) is 0 Å². The largest absolute Gasteiger partial charge is 0.409 e. The van der Waals surface area contributed by atoms with Gasteiger partial charge >= 0.3 is 6.18 Å². The van der Waals surface area contributed by atoms with Gasteiger partial charge in [-0.05, 0) is 6.07 Å². The number of nitrogens with two attached hydrogens (primary N) is 1. The third kappa shape index (κ3) is 2.62. The Bertz CT molecular complexity index is 363. The SMILES string of the molecule is NC(c1ccc([N+](=O)[O-])cn1)C(F)(F)F. The molecule has 0 saturated heterocycles. The number of hydrogen-bond donors (Lipinski definition) is 1. The Balaban J connectivity index is 2.94. The molecule has 15 heavy (non-hydrogen) atoms. The molecule has 0 amide bonds. The fraction of sp³-hybridized carbons (Fsp3) is 0.286. The average molecular weight is 221 g/mol. The van der Waals surface area contributed by atoms with Crippen molar-refractivity contribution in [3.8, 4) is 0 Å². The van der Waals surface area contributed by atoms with E-state index in [-0.39, 0.29) is 5.69 Å². The van der Waals surface area contributed by atoms with Crippen molar-refractivity contribution in [2.24, 2.45) is 5.73 Å². The van der Waals surface area contributed by atoms with Crippen molar-refractivity contribution in [2.75, 3.05) is 0 Å². The summed E-state index contributed by atoms with van der Waals surface area (Å²) < 4.78 is 36.3. The molecule has 1 aromatic heterocycles. The van der Waals surface area contributed by atoms with Crippen molar-refractivity contribution in [2.45, 2.75) is 12.2 Å². The van der Waals surface area contributed by atoms with Crippen molar-refractivity contribution in [3.05, 3.63) is 34.1 Å². The third-order valence-corrected chi connectivity index (χ3v) is 1.65. The predicted octanol–water partition coefficient (Wildman–Crippen LogP) is 1.55. The minimum absolute atomic E-state index is 0.381. The van der Waals surface area contributed by atoms with Gasteiger partial charge in [0.05, 0.1) is 10.6 Å². The molecule has 1 rings (SSSR count). The van der Waals surface area contributed by atoms with E-state index in [9.17, 15) is 23.3 Å². The molecule has 1 aromatic rings. The lowest BCUT2D eigenvalue weighted by Crippen LogP contribution is -2.29. The monoisotopic (exact) mass is 221 g/mol. The number of alkyl halides is 3. The third-order valence-electron chi connectivity index (χ3n) is 1.65. The quantitative estimate of drug-likeness (QED) is 0.606. The summed E-state index contributed by atoms with van der Waals surface area (Å²) in [6, 6.07) is -0.414. The second-order valence-corrected chi connectivity index (χ2v) is 2.72. The highest BCUT2D eigenvalue weighted by Crippen LogP contribution is 2.29. The Hall–Kier alpha value is -1.70. The second kappa shape index (κ2) is 3.81. The van der Waals surface area contributed by atoms with Crippen LogP contribution < -0.4 is 5.73 Å². The molecule has 2 N–H and O–H groups in total. The van der Waals surface area contributed by atoms with Gasteiger partial charge in [-0.25, -0.2) is 0 Å². The molecule has 0 fully saturated rings. The van der Waals surface area contributed by atoms with Gasteiger partial charge in [0, 0.05) is 6.07 Å². The van der Waals surface area contributed by atoms with Gasteiger partial charge in [-0.2, -0.15) is 13.2 Å². The maximum absolute atomic E-state index is 12.1. The summed E-state index contributed by atoms with van der Waals surface area (Å²) in [7, 11) is 0. The van der Waals surface area contributed by atoms with Gasteiger partial charge in [-0.3, -0.25) is 15.1 Å². The summed E-state index contributed by atoms with van der Waals surface area (Å²) in [6.07, 6.45) is -3.87. The molecule has 0 bridgehead atoms. The van der Waals surface area contributed by atoms with E-state index >= 15 is 0 Å². The number of nitro groups is 1. The highest BCUT2D eigenvalue weighted by Gasteiger charge is 2.38. The first-order chi connectivity index (χ1) is 6.82. The normalized spacial score (nSPS) is 13.6. The molecule has 0 saturated carbocycles. The predicted molar refractivity (Wildman–Crippen MR) is 43.9 cm³/mol. The van der Waals surface area contributed by atoms with Crippen LogP contribution in [0.1, 0.15) is 11.7 Å². The van der Waals surface area contributed by atoms with Crippen LogP contribution in [0.5, 0.6) is 0 Å². The molecule has 1 heterocycles. The molecular formula is C7H6F3N3O2. The Morgan fingerprint density at radius 2 is 2.07 bits per heavy atom. The Morgan fingerprint density at radius 3 is 2.40 bits per heavy atom. The van der Waals surface area contributed by atoms with E-state index in [4.69, 9.17) is 5.73 Å². The molecule has 0 aliphatic rings. The van der Waals surface area contributed by atoms with E-state index < -0.39 is 22.8 Å². The smallest absolute Gasteiger partial charge is 0.315 e. The second-order valence-electron chi connectivity index (χ2n) is 2.72. The number of halogens is 3. The number of pyridine rings is 1. The van der Waals surface area contributed by atoms with E-state index in [1.165, 1.54) is 0 Å². The summed E-state index contributed by atoms with van der Waals surface area (Å²) >= 11 is 0. The number of rotatable bonds is 2. The Kier molecular flexibility index (Phi) is 2.89. The van der Waals surface area contributed by atoms with Crippen molar-refractivity contribution >= 4 is 5.69 Å². The van der Waals surface area contributed by atoms with Gasteiger partial charge in [-0.1, -0.05) is 0 Å². The van der Waals surface area contributed by atoms with Gasteiger partial charge in [0.1, 0.15) is 12.2 Å². The minimum Gasteiger partial charge on any atom is -0.315 e. The van der Waals surface area contributed by atoms with Crippen LogP contribution in [-0.2, 0) is 0 Å². The summed E-state index contributed by atoms with van der Waals surface area (Å²) in [5, 5.41) is 10.2. The van der Waals surface area contributed by atoms with Crippen LogP contribution in [-0.4, -0.2) is 16.1 Å². The van der Waals surface area contributed by atoms with Crippen LogP contribution in [0.3, 0.4) is 0 Å². The zero-order valence-electron chi connectivity index (χ0n) is 7.23. The summed E-state index contributed by atoms with van der Waals surface area (Å²) in [5.74, 6) is 0. The summed E-state index contributed by atoms with van der Waals surface area (Å²) in [5.41, 5.74) is 4.01. The van der Waals surface area contributed by atoms with Crippen LogP contribution in [0.4, 0.5) is 18.9 Å². The molecule has 0 aromatic carbocycles. The number of nitrogens with zero attached hydrogens (tertiary/aromatic N) is 2. The summed E-state index contributed by atoms with van der Waals surface area (Å²) in [6.45, 7) is 0. The molecular weight excluding hydrogens is 215 g/mol. The Morgan fingerprint density at radius 1 is 1.47 bits per heavy atom. The number of hydrogen-bond acceptors (Lipinski definition) is 4. The highest BCUT2D eigenvalue weighted by molar-refractivity contribution is 5.28. The minimum atomic E-state index is -4.61. The molecule has 0 spiro atoms. The maximum Gasteiger partial charge on any atom is 0.409 e. The zero-order chi connectivity index (χ0) is 11.6. The van der Waals surface area contributed by atoms with E-state index in [0.717, 1.165) is 18.3 Å². The van der Waals surface area contributed by atoms with Gasteiger partial charge < -0.3 is 5.73 Å². The first-order valence-electron chi connectivity index (χ1n) is 3.75. The van der Waals surface area contributed by atoms with E-state index in [2.05, 4.69) is 4.98 Å². The fourth-order valence-corrected chi connectivity index (χ4v) is 0.857. The molecule has 82 valence electrons. The van der Waals surface area contributed by atoms with Gasteiger partial charge in [0.15, 0.2) is 0 Å². The maximum atomic E-state index is 12.1. The van der Waals surface area contributed by atoms with E-state index in [1.54, 1.807) is 0 Å². The van der Waals surface area contributed by atoms with Gasteiger partial charge in [-0.15, -0.1) is 0 Å². The van der Waals surface area contributed by atoms with Crippen molar-refractivity contribution in [3.63, 3.8) is 0 Å². The van der Waals surface area contributed by atoms with Gasteiger partial charge in [0.2, 0.25) is 0 Å². The average Bonchev–Trinajstić information content (AvgIpc) is 2.15. The molecule has 1 unspecified atom stereocenters. The van der Waals surface area contributed by atoms with Crippen molar-refractivity contribution < 1.29 is 18.1 Å². The fourth-order valence-electron chi connectivity index (χ4n) is 0.857.